The van der Waals surface area contributed by atoms with Crippen molar-refractivity contribution in [2.45, 2.75) is 13.1 Å². The summed E-state index contributed by atoms with van der Waals surface area (Å²) in [5.41, 5.74) is 4.07. The molecule has 0 aliphatic carbocycles. The van der Waals surface area contributed by atoms with Crippen molar-refractivity contribution < 1.29 is 14.3 Å². The van der Waals surface area contributed by atoms with Crippen LogP contribution in [0.15, 0.2) is 104 Å². The first-order valence-electron chi connectivity index (χ1n) is 13.0. The highest BCUT2D eigenvalue weighted by atomic mass is 32.1. The summed E-state index contributed by atoms with van der Waals surface area (Å²) in [4.78, 5) is 27.7. The van der Waals surface area contributed by atoms with Crippen molar-refractivity contribution in [1.82, 2.24) is 31.0 Å². The molecule has 0 saturated heterocycles. The number of aromatic nitrogens is 4. The molecule has 42 heavy (non-hydrogen) atoms. The number of hydrogen-bond acceptors (Lipinski definition) is 7. The number of nitrogens with zero attached hydrogens (tertiary/aromatic N) is 2. The van der Waals surface area contributed by atoms with Gasteiger partial charge in [0.25, 0.3) is 11.8 Å². The fraction of sp³-hybridized carbons (Fsp3) is 0.0968. The maximum Gasteiger partial charge on any atom is 0.261 e. The predicted octanol–water partition coefficient (Wildman–Crippen LogP) is 6.15. The quantitative estimate of drug-likeness (QED) is 0.159. The molecular formula is C31H28N6O3S2. The zero-order valence-corrected chi connectivity index (χ0v) is 24.3. The molecule has 9 nitrogen and oxygen atoms in total. The minimum atomic E-state index is -0.0810. The van der Waals surface area contributed by atoms with Gasteiger partial charge in [-0.2, -0.15) is 10.2 Å². The van der Waals surface area contributed by atoms with Gasteiger partial charge in [-0.05, 0) is 47.5 Å². The molecule has 0 saturated carbocycles. The van der Waals surface area contributed by atoms with Gasteiger partial charge < -0.3 is 15.4 Å². The van der Waals surface area contributed by atoms with Crippen molar-refractivity contribution in [3.05, 3.63) is 125 Å². The molecule has 6 rings (SSSR count). The molecule has 0 aliphatic heterocycles. The maximum absolute atomic E-state index is 12.2. The number of benzene rings is 2. The molecule has 2 amide bonds. The first-order chi connectivity index (χ1) is 20.6. The first-order valence-corrected chi connectivity index (χ1v) is 14.6. The van der Waals surface area contributed by atoms with E-state index in [4.69, 9.17) is 4.74 Å². The predicted molar refractivity (Wildman–Crippen MR) is 166 cm³/mol. The maximum atomic E-state index is 12.2. The number of amides is 2. The Bertz CT molecular complexity index is 1710. The number of nitrogens with one attached hydrogen (secondary N) is 4. The van der Waals surface area contributed by atoms with Gasteiger partial charge in [-0.1, -0.05) is 42.5 Å². The van der Waals surface area contributed by atoms with Crippen LogP contribution in [0.4, 0.5) is 0 Å². The summed E-state index contributed by atoms with van der Waals surface area (Å²) < 4.78 is 5.17. The minimum Gasteiger partial charge on any atom is -0.497 e. The lowest BCUT2D eigenvalue weighted by Gasteiger charge is -2.05. The minimum absolute atomic E-state index is 0.0476. The van der Waals surface area contributed by atoms with Crippen molar-refractivity contribution in [1.29, 1.82) is 0 Å². The van der Waals surface area contributed by atoms with E-state index >= 15 is 0 Å². The summed E-state index contributed by atoms with van der Waals surface area (Å²) in [6.07, 6.45) is 7.11. The Morgan fingerprint density at radius 3 is 1.79 bits per heavy atom. The Labute approximate surface area is 250 Å². The SMILES string of the molecule is COc1cccc(CNC(=O)c2ccc(-c3cn[nH]c3)s2)c1.O=C(NCc1ccccc1)c1ccc(-c2cn[nH]c2)s1. The zero-order chi connectivity index (χ0) is 29.1. The number of carbonyl (C=O) groups excluding carboxylic acids is 2. The van der Waals surface area contributed by atoms with E-state index < -0.39 is 0 Å². The van der Waals surface area contributed by atoms with Crippen molar-refractivity contribution in [3.8, 4) is 26.6 Å². The van der Waals surface area contributed by atoms with E-state index in [-0.39, 0.29) is 11.8 Å². The van der Waals surface area contributed by atoms with Gasteiger partial charge in [0.05, 0.1) is 29.3 Å². The monoisotopic (exact) mass is 596 g/mol. The third-order valence-electron chi connectivity index (χ3n) is 6.11. The lowest BCUT2D eigenvalue weighted by molar-refractivity contribution is 0.0947. The fourth-order valence-corrected chi connectivity index (χ4v) is 5.73. The molecule has 4 aromatic heterocycles. The molecule has 6 aromatic rings. The second-order valence-electron chi connectivity index (χ2n) is 9.00. The Morgan fingerprint density at radius 2 is 1.26 bits per heavy atom. The standard InChI is InChI=1S/C16H15N3O2S.C15H13N3OS/c1-21-13-4-2-3-11(7-13)8-17-16(20)15-6-5-14(22-15)12-9-18-19-10-12;19-15(16-8-11-4-2-1-3-5-11)14-7-6-13(20-14)12-9-17-18-10-12/h2-7,9-10H,8H2,1H3,(H,17,20)(H,18,19);1-7,9-10H,8H2,(H,16,19)(H,17,18). The fourth-order valence-electron chi connectivity index (χ4n) is 3.92. The van der Waals surface area contributed by atoms with Gasteiger partial charge in [-0.25, -0.2) is 0 Å². The van der Waals surface area contributed by atoms with Gasteiger partial charge in [0.1, 0.15) is 5.75 Å². The molecule has 11 heteroatoms. The topological polar surface area (TPSA) is 125 Å². The number of aromatic amines is 2. The van der Waals surface area contributed by atoms with Crippen LogP contribution in [0.2, 0.25) is 0 Å². The van der Waals surface area contributed by atoms with Gasteiger partial charge in [0.2, 0.25) is 0 Å². The second kappa shape index (κ2) is 14.1. The van der Waals surface area contributed by atoms with Gasteiger partial charge in [0.15, 0.2) is 0 Å². The summed E-state index contributed by atoms with van der Waals surface area (Å²) in [5, 5.41) is 19.2. The normalized spacial score (nSPS) is 10.4. The molecule has 4 N–H and O–H groups in total. The third kappa shape index (κ3) is 7.59. The molecule has 212 valence electrons. The van der Waals surface area contributed by atoms with Crippen LogP contribution in [-0.4, -0.2) is 39.3 Å². The van der Waals surface area contributed by atoms with Crippen molar-refractivity contribution in [2.75, 3.05) is 7.11 Å². The lowest BCUT2D eigenvalue weighted by Crippen LogP contribution is -2.21. The molecule has 0 fully saturated rings. The number of thiophene rings is 2. The summed E-state index contributed by atoms with van der Waals surface area (Å²) in [7, 11) is 1.63. The molecule has 0 radical (unpaired) electrons. The molecule has 0 bridgehead atoms. The number of hydrogen-bond donors (Lipinski definition) is 4. The van der Waals surface area contributed by atoms with Crippen LogP contribution in [0.25, 0.3) is 20.9 Å². The van der Waals surface area contributed by atoms with Crippen molar-refractivity contribution in [3.63, 3.8) is 0 Å². The Balaban J connectivity index is 0.000000169. The van der Waals surface area contributed by atoms with Gasteiger partial charge in [-0.3, -0.25) is 19.8 Å². The van der Waals surface area contributed by atoms with Crippen LogP contribution < -0.4 is 15.4 Å². The highest BCUT2D eigenvalue weighted by Crippen LogP contribution is 2.28. The summed E-state index contributed by atoms with van der Waals surface area (Å²) in [6, 6.07) is 25.0. The third-order valence-corrected chi connectivity index (χ3v) is 8.37. The molecule has 0 unspecified atom stereocenters. The number of carbonyl (C=O) groups is 2. The molecular weight excluding hydrogens is 569 g/mol. The number of methoxy groups -OCH3 is 1. The Kier molecular flexibility index (Phi) is 9.55. The highest BCUT2D eigenvalue weighted by molar-refractivity contribution is 7.17. The Hall–Kier alpha value is -5.00. The number of ether oxygens (including phenoxy) is 1. The Morgan fingerprint density at radius 1 is 0.714 bits per heavy atom. The van der Waals surface area contributed by atoms with E-state index in [1.807, 2.05) is 91.3 Å². The van der Waals surface area contributed by atoms with Crippen LogP contribution >= 0.6 is 22.7 Å². The van der Waals surface area contributed by atoms with E-state index in [0.29, 0.717) is 22.8 Å². The van der Waals surface area contributed by atoms with E-state index in [1.54, 1.807) is 19.5 Å². The molecule has 0 aliphatic rings. The molecule has 2 aromatic carbocycles. The molecule has 0 atom stereocenters. The van der Waals surface area contributed by atoms with Crippen LogP contribution in [0.1, 0.15) is 30.5 Å². The molecule has 4 heterocycles. The van der Waals surface area contributed by atoms with Crippen LogP contribution in [0.3, 0.4) is 0 Å². The van der Waals surface area contributed by atoms with Crippen LogP contribution in [0.5, 0.6) is 5.75 Å². The van der Waals surface area contributed by atoms with Crippen LogP contribution in [0, 0.1) is 0 Å². The summed E-state index contributed by atoms with van der Waals surface area (Å²) in [6.45, 7) is 1.01. The summed E-state index contributed by atoms with van der Waals surface area (Å²) in [5.74, 6) is 0.654. The lowest BCUT2D eigenvalue weighted by atomic mass is 10.2. The first kappa shape index (κ1) is 28.5. The van der Waals surface area contributed by atoms with Gasteiger partial charge in [0, 0.05) is 46.4 Å². The average molecular weight is 597 g/mol. The van der Waals surface area contributed by atoms with Gasteiger partial charge in [-0.15, -0.1) is 22.7 Å². The number of rotatable bonds is 9. The average Bonchev–Trinajstić information content (AvgIpc) is 3.86. The van der Waals surface area contributed by atoms with Gasteiger partial charge >= 0.3 is 0 Å². The highest BCUT2D eigenvalue weighted by Gasteiger charge is 2.12. The smallest absolute Gasteiger partial charge is 0.261 e. The zero-order valence-electron chi connectivity index (χ0n) is 22.7. The van der Waals surface area contributed by atoms with Crippen molar-refractivity contribution in [2.24, 2.45) is 0 Å². The van der Waals surface area contributed by atoms with E-state index in [9.17, 15) is 9.59 Å². The van der Waals surface area contributed by atoms with Crippen molar-refractivity contribution >= 4 is 34.5 Å². The molecule has 0 spiro atoms. The van der Waals surface area contributed by atoms with E-state index in [1.165, 1.54) is 22.7 Å². The van der Waals surface area contributed by atoms with E-state index in [2.05, 4.69) is 31.0 Å². The summed E-state index contributed by atoms with van der Waals surface area (Å²) >= 11 is 2.91. The van der Waals surface area contributed by atoms with E-state index in [0.717, 1.165) is 37.8 Å². The second-order valence-corrected chi connectivity index (χ2v) is 11.2. The largest absolute Gasteiger partial charge is 0.497 e. The van der Waals surface area contributed by atoms with Crippen LogP contribution in [-0.2, 0) is 13.1 Å². The number of H-pyrrole nitrogens is 2.